The van der Waals surface area contributed by atoms with Crippen molar-refractivity contribution >= 4 is 15.9 Å². The van der Waals surface area contributed by atoms with E-state index in [9.17, 15) is 4.39 Å². The molecule has 1 aromatic carbocycles. The van der Waals surface area contributed by atoms with Crippen molar-refractivity contribution in [3.8, 4) is 0 Å². The molecule has 0 fully saturated rings. The molecule has 17 heavy (non-hydrogen) atoms. The second-order valence-electron chi connectivity index (χ2n) is 4.04. The number of ether oxygens (including phenoxy) is 1. The molecule has 0 spiro atoms. The largest absolute Gasteiger partial charge is 0.385 e. The van der Waals surface area contributed by atoms with Gasteiger partial charge in [-0.1, -0.05) is 12.1 Å². The third-order valence-electron chi connectivity index (χ3n) is 2.81. The summed E-state index contributed by atoms with van der Waals surface area (Å²) in [5, 5.41) is 3.26. The van der Waals surface area contributed by atoms with Crippen molar-refractivity contribution in [2.75, 3.05) is 20.8 Å². The van der Waals surface area contributed by atoms with Gasteiger partial charge in [0.1, 0.15) is 5.82 Å². The number of halogens is 2. The van der Waals surface area contributed by atoms with Crippen LogP contribution in [0.5, 0.6) is 0 Å². The molecule has 1 N–H and O–H groups in total. The maximum Gasteiger partial charge on any atom is 0.137 e. The van der Waals surface area contributed by atoms with E-state index in [1.165, 1.54) is 6.07 Å². The quantitative estimate of drug-likeness (QED) is 0.781. The summed E-state index contributed by atoms with van der Waals surface area (Å²) in [5.74, 6) is -0.200. The first kappa shape index (κ1) is 14.6. The van der Waals surface area contributed by atoms with Crippen molar-refractivity contribution in [3.63, 3.8) is 0 Å². The zero-order chi connectivity index (χ0) is 12.7. The number of benzene rings is 1. The van der Waals surface area contributed by atoms with E-state index in [4.69, 9.17) is 4.74 Å². The SMILES string of the molecule is CNC(CCCOC)Cc1cccc(F)c1Br. The fourth-order valence-corrected chi connectivity index (χ4v) is 2.22. The first-order valence-corrected chi connectivity index (χ1v) is 6.57. The average molecular weight is 304 g/mol. The Balaban J connectivity index is 2.57. The van der Waals surface area contributed by atoms with Crippen LogP contribution in [0.15, 0.2) is 22.7 Å². The maximum atomic E-state index is 13.4. The number of hydrogen-bond acceptors (Lipinski definition) is 2. The summed E-state index contributed by atoms with van der Waals surface area (Å²) in [7, 11) is 3.64. The van der Waals surface area contributed by atoms with Gasteiger partial charge in [-0.15, -0.1) is 0 Å². The van der Waals surface area contributed by atoms with Crippen molar-refractivity contribution in [1.82, 2.24) is 5.32 Å². The number of hydrogen-bond donors (Lipinski definition) is 1. The van der Waals surface area contributed by atoms with Crippen molar-refractivity contribution in [1.29, 1.82) is 0 Å². The fraction of sp³-hybridized carbons (Fsp3) is 0.538. The highest BCUT2D eigenvalue weighted by Crippen LogP contribution is 2.22. The van der Waals surface area contributed by atoms with Gasteiger partial charge in [0.15, 0.2) is 0 Å². The van der Waals surface area contributed by atoms with Crippen LogP contribution in [0, 0.1) is 5.82 Å². The van der Waals surface area contributed by atoms with E-state index in [0.29, 0.717) is 10.5 Å². The van der Waals surface area contributed by atoms with Gasteiger partial charge in [0, 0.05) is 19.8 Å². The summed E-state index contributed by atoms with van der Waals surface area (Å²) in [6.07, 6.45) is 2.85. The predicted molar refractivity (Wildman–Crippen MR) is 71.8 cm³/mol. The van der Waals surface area contributed by atoms with Gasteiger partial charge >= 0.3 is 0 Å². The van der Waals surface area contributed by atoms with Gasteiger partial charge in [0.05, 0.1) is 4.47 Å². The lowest BCUT2D eigenvalue weighted by atomic mass is 10.0. The highest BCUT2D eigenvalue weighted by atomic mass is 79.9. The molecule has 0 radical (unpaired) electrons. The van der Waals surface area contributed by atoms with Crippen LogP contribution in [0.2, 0.25) is 0 Å². The lowest BCUT2D eigenvalue weighted by Gasteiger charge is -2.17. The fourth-order valence-electron chi connectivity index (χ4n) is 1.79. The Morgan fingerprint density at radius 2 is 2.24 bits per heavy atom. The molecule has 0 saturated heterocycles. The Labute approximate surface area is 111 Å². The van der Waals surface area contributed by atoms with Crippen LogP contribution < -0.4 is 5.32 Å². The highest BCUT2D eigenvalue weighted by molar-refractivity contribution is 9.10. The third-order valence-corrected chi connectivity index (χ3v) is 3.70. The minimum Gasteiger partial charge on any atom is -0.385 e. The molecular weight excluding hydrogens is 285 g/mol. The first-order valence-electron chi connectivity index (χ1n) is 5.78. The molecule has 0 heterocycles. The number of likely N-dealkylation sites (N-methyl/N-ethyl adjacent to an activating group) is 1. The minimum atomic E-state index is -0.200. The van der Waals surface area contributed by atoms with Crippen LogP contribution >= 0.6 is 15.9 Å². The molecule has 1 atom stereocenters. The van der Waals surface area contributed by atoms with Crippen LogP contribution in [-0.4, -0.2) is 26.8 Å². The van der Waals surface area contributed by atoms with E-state index in [-0.39, 0.29) is 5.82 Å². The molecule has 0 aliphatic carbocycles. The van der Waals surface area contributed by atoms with Crippen LogP contribution in [0.25, 0.3) is 0 Å². The van der Waals surface area contributed by atoms with Crippen molar-refractivity contribution < 1.29 is 9.13 Å². The summed E-state index contributed by atoms with van der Waals surface area (Å²) < 4.78 is 19.0. The molecule has 1 unspecified atom stereocenters. The van der Waals surface area contributed by atoms with Crippen molar-refractivity contribution in [2.24, 2.45) is 0 Å². The van der Waals surface area contributed by atoms with Gasteiger partial charge in [-0.25, -0.2) is 4.39 Å². The van der Waals surface area contributed by atoms with E-state index in [2.05, 4.69) is 21.2 Å². The number of methoxy groups -OCH3 is 1. The van der Waals surface area contributed by atoms with Crippen LogP contribution in [-0.2, 0) is 11.2 Å². The molecule has 0 amide bonds. The molecular formula is C13H19BrFNO. The molecule has 0 saturated carbocycles. The highest BCUT2D eigenvalue weighted by Gasteiger charge is 2.11. The summed E-state index contributed by atoms with van der Waals surface area (Å²) in [5.41, 5.74) is 1.00. The molecule has 2 nitrogen and oxygen atoms in total. The molecule has 0 aliphatic heterocycles. The Kier molecular flexibility index (Phi) is 6.70. The van der Waals surface area contributed by atoms with Gasteiger partial charge in [0.2, 0.25) is 0 Å². The molecule has 96 valence electrons. The van der Waals surface area contributed by atoms with E-state index in [1.807, 2.05) is 13.1 Å². The zero-order valence-electron chi connectivity index (χ0n) is 10.3. The van der Waals surface area contributed by atoms with Crippen LogP contribution in [0.4, 0.5) is 4.39 Å². The van der Waals surface area contributed by atoms with Gasteiger partial charge < -0.3 is 10.1 Å². The minimum absolute atomic E-state index is 0.200. The van der Waals surface area contributed by atoms with Crippen molar-refractivity contribution in [3.05, 3.63) is 34.1 Å². The van der Waals surface area contributed by atoms with Gasteiger partial charge in [-0.3, -0.25) is 0 Å². The van der Waals surface area contributed by atoms with Crippen LogP contribution in [0.3, 0.4) is 0 Å². The molecule has 0 aliphatic rings. The molecule has 1 rings (SSSR count). The smallest absolute Gasteiger partial charge is 0.137 e. The average Bonchev–Trinajstić information content (AvgIpc) is 2.33. The van der Waals surface area contributed by atoms with E-state index >= 15 is 0 Å². The molecule has 0 aromatic heterocycles. The van der Waals surface area contributed by atoms with Gasteiger partial charge in [0.25, 0.3) is 0 Å². The van der Waals surface area contributed by atoms with Gasteiger partial charge in [-0.05, 0) is 53.9 Å². The topological polar surface area (TPSA) is 21.3 Å². The van der Waals surface area contributed by atoms with E-state index in [0.717, 1.165) is 31.4 Å². The van der Waals surface area contributed by atoms with E-state index < -0.39 is 0 Å². The second kappa shape index (κ2) is 7.80. The predicted octanol–water partition coefficient (Wildman–Crippen LogP) is 3.15. The second-order valence-corrected chi connectivity index (χ2v) is 4.83. The molecule has 0 bridgehead atoms. The monoisotopic (exact) mass is 303 g/mol. The molecule has 4 heteroatoms. The lowest BCUT2D eigenvalue weighted by Crippen LogP contribution is -2.28. The zero-order valence-corrected chi connectivity index (χ0v) is 11.9. The maximum absolute atomic E-state index is 13.4. The number of rotatable bonds is 7. The van der Waals surface area contributed by atoms with Gasteiger partial charge in [-0.2, -0.15) is 0 Å². The Bertz CT molecular complexity index is 346. The van der Waals surface area contributed by atoms with E-state index in [1.54, 1.807) is 13.2 Å². The Hall–Kier alpha value is -0.450. The summed E-state index contributed by atoms with van der Waals surface area (Å²) in [6, 6.07) is 5.51. The summed E-state index contributed by atoms with van der Waals surface area (Å²) >= 11 is 3.29. The normalized spacial score (nSPS) is 12.7. The summed E-state index contributed by atoms with van der Waals surface area (Å²) in [6.45, 7) is 0.766. The van der Waals surface area contributed by atoms with Crippen LogP contribution in [0.1, 0.15) is 18.4 Å². The Morgan fingerprint density at radius 1 is 1.47 bits per heavy atom. The third kappa shape index (κ3) is 4.74. The standard InChI is InChI=1S/C13H19BrFNO/c1-16-11(6-4-8-17-2)9-10-5-3-7-12(15)13(10)14/h3,5,7,11,16H,4,6,8-9H2,1-2H3. The van der Waals surface area contributed by atoms with Crippen molar-refractivity contribution in [2.45, 2.75) is 25.3 Å². The first-order chi connectivity index (χ1) is 8.19. The lowest BCUT2D eigenvalue weighted by molar-refractivity contribution is 0.189. The molecule has 1 aromatic rings. The summed E-state index contributed by atoms with van der Waals surface area (Å²) in [4.78, 5) is 0. The number of nitrogens with one attached hydrogen (secondary N) is 1. The Morgan fingerprint density at radius 3 is 2.88 bits per heavy atom.